The molecule has 10 heavy (non-hydrogen) atoms. The summed E-state index contributed by atoms with van der Waals surface area (Å²) in [4.78, 5) is 6.89. The van der Waals surface area contributed by atoms with Gasteiger partial charge in [0.2, 0.25) is 5.95 Å². The van der Waals surface area contributed by atoms with Crippen molar-refractivity contribution in [1.82, 2.24) is 9.97 Å². The van der Waals surface area contributed by atoms with Crippen molar-refractivity contribution in [3.8, 4) is 6.07 Å². The molecule has 1 heterocycles. The molecule has 0 N–H and O–H groups in total. The molecule has 0 aliphatic rings. The fourth-order valence-electron chi connectivity index (χ4n) is 0.523. The Kier molecular flexibility index (Phi) is 1.59. The number of hydrogen-bond donors (Lipinski definition) is 0. The van der Waals surface area contributed by atoms with Crippen molar-refractivity contribution in [1.29, 1.82) is 5.26 Å². The molecule has 0 fully saturated rings. The summed E-state index contributed by atoms with van der Waals surface area (Å²) in [7, 11) is 0. The predicted molar refractivity (Wildman–Crippen MR) is 31.4 cm³/mol. The van der Waals surface area contributed by atoms with Crippen molar-refractivity contribution >= 4 is 0 Å². The maximum absolute atomic E-state index is 12.5. The van der Waals surface area contributed by atoms with Crippen LogP contribution in [-0.4, -0.2) is 9.97 Å². The van der Waals surface area contributed by atoms with Crippen LogP contribution < -0.4 is 0 Å². The molecule has 0 unspecified atom stereocenters. The van der Waals surface area contributed by atoms with Crippen LogP contribution in [0.1, 0.15) is 11.4 Å². The highest BCUT2D eigenvalue weighted by Crippen LogP contribution is 1.98. The Morgan fingerprint density at radius 1 is 1.70 bits per heavy atom. The lowest BCUT2D eigenvalue weighted by atomic mass is 10.4. The number of aromatic nitrogens is 2. The highest BCUT2D eigenvalue weighted by atomic mass is 19.1. The molecule has 50 valence electrons. The predicted octanol–water partition coefficient (Wildman–Crippen LogP) is 0.796. The van der Waals surface area contributed by atoms with Gasteiger partial charge in [0.1, 0.15) is 6.07 Å². The second-order valence-electron chi connectivity index (χ2n) is 1.76. The van der Waals surface area contributed by atoms with Crippen molar-refractivity contribution < 1.29 is 4.39 Å². The summed E-state index contributed by atoms with van der Waals surface area (Å²) in [6.07, 6.45) is 1.35. The molecule has 0 saturated heterocycles. The summed E-state index contributed by atoms with van der Waals surface area (Å²) in [5.41, 5.74) is 0.210. The van der Waals surface area contributed by atoms with E-state index in [2.05, 4.69) is 9.97 Å². The van der Waals surface area contributed by atoms with E-state index in [1.807, 2.05) is 0 Å². The van der Waals surface area contributed by atoms with Gasteiger partial charge >= 0.3 is 0 Å². The molecule has 0 atom stereocenters. The lowest BCUT2D eigenvalue weighted by Gasteiger charge is -1.90. The van der Waals surface area contributed by atoms with Gasteiger partial charge < -0.3 is 0 Å². The van der Waals surface area contributed by atoms with Crippen LogP contribution in [0.15, 0.2) is 6.20 Å². The van der Waals surface area contributed by atoms with Crippen LogP contribution >= 0.6 is 0 Å². The number of rotatable bonds is 0. The first kappa shape index (κ1) is 6.62. The third-order valence-electron chi connectivity index (χ3n) is 0.956. The molecule has 0 bridgehead atoms. The van der Waals surface area contributed by atoms with E-state index in [4.69, 9.17) is 5.26 Å². The lowest BCUT2D eigenvalue weighted by Crippen LogP contribution is -1.94. The molecule has 3 nitrogen and oxygen atoms in total. The zero-order chi connectivity index (χ0) is 7.56. The van der Waals surface area contributed by atoms with Gasteiger partial charge in [-0.15, -0.1) is 0 Å². The summed E-state index contributed by atoms with van der Waals surface area (Å²) in [6, 6.07) is 1.57. The van der Waals surface area contributed by atoms with Crippen LogP contribution in [0.4, 0.5) is 4.39 Å². The molecule has 4 heteroatoms. The van der Waals surface area contributed by atoms with Gasteiger partial charge in [-0.25, -0.2) is 9.97 Å². The second kappa shape index (κ2) is 2.40. The average Bonchev–Trinajstić information content (AvgIpc) is 1.88. The summed E-state index contributed by atoms with van der Waals surface area (Å²) < 4.78 is 12.5. The zero-order valence-electron chi connectivity index (χ0n) is 5.30. The topological polar surface area (TPSA) is 49.6 Å². The van der Waals surface area contributed by atoms with Crippen LogP contribution in [0.5, 0.6) is 0 Å². The van der Waals surface area contributed by atoms with Gasteiger partial charge in [0, 0.05) is 6.20 Å². The standard InChI is InChI=1S/C6H4FN3/c1-4-3-9-5(2-8)6(7)10-4/h3H,1H3. The van der Waals surface area contributed by atoms with Crippen LogP contribution in [0.2, 0.25) is 0 Å². The van der Waals surface area contributed by atoms with Gasteiger partial charge in [-0.1, -0.05) is 0 Å². The molecular formula is C6H4FN3. The van der Waals surface area contributed by atoms with Crippen molar-refractivity contribution in [3.63, 3.8) is 0 Å². The SMILES string of the molecule is Cc1cnc(C#N)c(F)n1. The summed E-state index contributed by atoms with van der Waals surface area (Å²) in [5.74, 6) is -0.803. The van der Waals surface area contributed by atoms with E-state index in [1.165, 1.54) is 6.20 Å². The Labute approximate surface area is 57.2 Å². The summed E-state index contributed by atoms with van der Waals surface area (Å²) >= 11 is 0. The first-order valence-corrected chi connectivity index (χ1v) is 2.63. The fourth-order valence-corrected chi connectivity index (χ4v) is 0.523. The van der Waals surface area contributed by atoms with Gasteiger partial charge in [-0.3, -0.25) is 0 Å². The van der Waals surface area contributed by atoms with Gasteiger partial charge in [-0.2, -0.15) is 9.65 Å². The van der Waals surface area contributed by atoms with Crippen molar-refractivity contribution in [2.75, 3.05) is 0 Å². The van der Waals surface area contributed by atoms with Gasteiger partial charge in [0.25, 0.3) is 0 Å². The molecule has 0 amide bonds. The Balaban J connectivity index is 3.23. The third kappa shape index (κ3) is 1.08. The van der Waals surface area contributed by atoms with E-state index in [1.54, 1.807) is 13.0 Å². The van der Waals surface area contributed by atoms with E-state index in [9.17, 15) is 4.39 Å². The van der Waals surface area contributed by atoms with Gasteiger partial charge in [0.05, 0.1) is 5.69 Å². The fraction of sp³-hybridized carbons (Fsp3) is 0.167. The zero-order valence-corrected chi connectivity index (χ0v) is 5.30. The van der Waals surface area contributed by atoms with Crippen LogP contribution in [0.25, 0.3) is 0 Å². The molecular weight excluding hydrogens is 133 g/mol. The number of nitrogens with zero attached hydrogens (tertiary/aromatic N) is 3. The molecule has 0 saturated carbocycles. The summed E-state index contributed by atoms with van der Waals surface area (Å²) in [6.45, 7) is 1.61. The Morgan fingerprint density at radius 3 is 2.90 bits per heavy atom. The van der Waals surface area contributed by atoms with Crippen LogP contribution in [-0.2, 0) is 0 Å². The lowest BCUT2D eigenvalue weighted by molar-refractivity contribution is 0.567. The van der Waals surface area contributed by atoms with E-state index in [0.29, 0.717) is 5.69 Å². The van der Waals surface area contributed by atoms with E-state index >= 15 is 0 Å². The molecule has 0 aromatic carbocycles. The molecule has 0 aliphatic heterocycles. The minimum atomic E-state index is -0.803. The highest BCUT2D eigenvalue weighted by Gasteiger charge is 2.01. The number of hydrogen-bond acceptors (Lipinski definition) is 3. The maximum atomic E-state index is 12.5. The normalized spacial score (nSPS) is 8.90. The molecule has 1 rings (SSSR count). The molecule has 1 aromatic rings. The highest BCUT2D eigenvalue weighted by molar-refractivity contribution is 5.17. The van der Waals surface area contributed by atoms with E-state index < -0.39 is 5.95 Å². The van der Waals surface area contributed by atoms with Crippen molar-refractivity contribution in [3.05, 3.63) is 23.5 Å². The minimum Gasteiger partial charge on any atom is -0.239 e. The quantitative estimate of drug-likeness (QED) is 0.531. The minimum absolute atomic E-state index is 0.259. The van der Waals surface area contributed by atoms with Crippen LogP contribution in [0, 0.1) is 24.2 Å². The Hall–Kier alpha value is -1.50. The van der Waals surface area contributed by atoms with E-state index in [0.717, 1.165) is 0 Å². The number of halogens is 1. The van der Waals surface area contributed by atoms with Crippen molar-refractivity contribution in [2.45, 2.75) is 6.92 Å². The Bertz CT molecular complexity index is 290. The second-order valence-corrected chi connectivity index (χ2v) is 1.76. The molecule has 0 aliphatic carbocycles. The molecule has 1 aromatic heterocycles. The number of nitriles is 1. The van der Waals surface area contributed by atoms with Gasteiger partial charge in [0.15, 0.2) is 5.69 Å². The largest absolute Gasteiger partial charge is 0.249 e. The molecule has 0 spiro atoms. The Morgan fingerprint density at radius 2 is 2.40 bits per heavy atom. The summed E-state index contributed by atoms with van der Waals surface area (Å²) in [5, 5.41) is 8.22. The third-order valence-corrected chi connectivity index (χ3v) is 0.956. The average molecular weight is 137 g/mol. The monoisotopic (exact) mass is 137 g/mol. The first-order chi connectivity index (χ1) is 4.74. The van der Waals surface area contributed by atoms with Gasteiger partial charge in [-0.05, 0) is 6.92 Å². The van der Waals surface area contributed by atoms with E-state index in [-0.39, 0.29) is 5.69 Å². The number of aryl methyl sites for hydroxylation is 1. The first-order valence-electron chi connectivity index (χ1n) is 2.63. The maximum Gasteiger partial charge on any atom is 0.249 e. The van der Waals surface area contributed by atoms with Crippen molar-refractivity contribution in [2.24, 2.45) is 0 Å². The van der Waals surface area contributed by atoms with Crippen LogP contribution in [0.3, 0.4) is 0 Å². The smallest absolute Gasteiger partial charge is 0.239 e. The molecule has 0 radical (unpaired) electrons.